The third-order valence-corrected chi connectivity index (χ3v) is 3.23. The molecular formula is C17H17F2N3O2. The number of hydrogen-bond donors (Lipinski definition) is 2. The summed E-state index contributed by atoms with van der Waals surface area (Å²) < 4.78 is 29.0. The Morgan fingerprint density at radius 2 is 2.08 bits per heavy atom. The molecule has 0 saturated carbocycles. The molecule has 0 amide bonds. The van der Waals surface area contributed by atoms with E-state index in [9.17, 15) is 13.6 Å². The number of alkyl halides is 2. The van der Waals surface area contributed by atoms with Crippen molar-refractivity contribution in [3.63, 3.8) is 0 Å². The van der Waals surface area contributed by atoms with Gasteiger partial charge in [0, 0.05) is 34.8 Å². The molecule has 0 saturated heterocycles. The maximum Gasteiger partial charge on any atom is 0.387 e. The highest BCUT2D eigenvalue weighted by atomic mass is 19.3. The van der Waals surface area contributed by atoms with Gasteiger partial charge in [0.2, 0.25) is 0 Å². The molecule has 1 aromatic carbocycles. The predicted octanol–water partition coefficient (Wildman–Crippen LogP) is 4.26. The standard InChI is InChI=1S/C17H17F2N3O2/c1-10(2)15(20)14-6-11(9-23)8-21-16(14)22-12-4-3-5-13(7-12)24-17(18)19/h3-10,17,20H,1-2H3,(H,21,22). The Kier molecular flexibility index (Phi) is 5.57. The van der Waals surface area contributed by atoms with Crippen molar-refractivity contribution in [2.75, 3.05) is 5.32 Å². The van der Waals surface area contributed by atoms with Crippen LogP contribution in [0.15, 0.2) is 36.5 Å². The lowest BCUT2D eigenvalue weighted by atomic mass is 9.99. The highest BCUT2D eigenvalue weighted by Gasteiger charge is 2.14. The first-order valence-corrected chi connectivity index (χ1v) is 7.26. The minimum absolute atomic E-state index is 0.0139. The molecule has 2 N–H and O–H groups in total. The zero-order valence-electron chi connectivity index (χ0n) is 13.2. The number of nitrogens with zero attached hydrogens (tertiary/aromatic N) is 1. The summed E-state index contributed by atoms with van der Waals surface area (Å²) in [6, 6.07) is 7.62. The van der Waals surface area contributed by atoms with Crippen LogP contribution in [0.5, 0.6) is 5.75 Å². The Morgan fingerprint density at radius 3 is 2.71 bits per heavy atom. The minimum atomic E-state index is -2.91. The van der Waals surface area contributed by atoms with Gasteiger partial charge in [-0.3, -0.25) is 4.79 Å². The molecule has 2 rings (SSSR count). The molecule has 0 aliphatic carbocycles. The number of aldehydes is 1. The average Bonchev–Trinajstić information content (AvgIpc) is 2.54. The summed E-state index contributed by atoms with van der Waals surface area (Å²) in [5.74, 6) is 0.316. The van der Waals surface area contributed by atoms with Crippen LogP contribution >= 0.6 is 0 Å². The predicted molar refractivity (Wildman–Crippen MR) is 87.6 cm³/mol. The normalized spacial score (nSPS) is 10.8. The molecule has 5 nitrogen and oxygen atoms in total. The van der Waals surface area contributed by atoms with Gasteiger partial charge in [-0.15, -0.1) is 0 Å². The summed E-state index contributed by atoms with van der Waals surface area (Å²) in [4.78, 5) is 15.1. The van der Waals surface area contributed by atoms with Crippen molar-refractivity contribution in [3.8, 4) is 5.75 Å². The van der Waals surface area contributed by atoms with E-state index in [1.54, 1.807) is 18.2 Å². The molecule has 0 unspecified atom stereocenters. The Balaban J connectivity index is 2.35. The van der Waals surface area contributed by atoms with Gasteiger partial charge in [0.25, 0.3) is 0 Å². The molecule has 0 atom stereocenters. The molecule has 1 heterocycles. The molecule has 0 aliphatic rings. The fourth-order valence-corrected chi connectivity index (χ4v) is 2.05. The largest absolute Gasteiger partial charge is 0.435 e. The molecule has 0 aliphatic heterocycles. The Labute approximate surface area is 138 Å². The molecular weight excluding hydrogens is 316 g/mol. The van der Waals surface area contributed by atoms with Crippen molar-refractivity contribution in [3.05, 3.63) is 47.7 Å². The molecule has 0 fully saturated rings. The highest BCUT2D eigenvalue weighted by Crippen LogP contribution is 2.25. The first-order valence-electron chi connectivity index (χ1n) is 7.26. The van der Waals surface area contributed by atoms with Crippen LogP contribution < -0.4 is 10.1 Å². The molecule has 0 bridgehead atoms. The summed E-state index contributed by atoms with van der Waals surface area (Å²) in [5.41, 5.74) is 1.64. The fourth-order valence-electron chi connectivity index (χ4n) is 2.05. The maximum absolute atomic E-state index is 12.3. The van der Waals surface area contributed by atoms with Crippen LogP contribution in [0, 0.1) is 11.3 Å². The van der Waals surface area contributed by atoms with E-state index in [1.165, 1.54) is 18.3 Å². The lowest BCUT2D eigenvalue weighted by Gasteiger charge is -2.15. The van der Waals surface area contributed by atoms with E-state index in [0.717, 1.165) is 0 Å². The lowest BCUT2D eigenvalue weighted by Crippen LogP contribution is -2.12. The summed E-state index contributed by atoms with van der Waals surface area (Å²) in [7, 11) is 0. The SMILES string of the molecule is CC(C)C(=N)c1cc(C=O)cnc1Nc1cccc(OC(F)F)c1. The van der Waals surface area contributed by atoms with Crippen molar-refractivity contribution < 1.29 is 18.3 Å². The van der Waals surface area contributed by atoms with E-state index >= 15 is 0 Å². The molecule has 7 heteroatoms. The number of carbonyl (C=O) groups is 1. The van der Waals surface area contributed by atoms with Crippen LogP contribution in [0.25, 0.3) is 0 Å². The summed E-state index contributed by atoms with van der Waals surface area (Å²) in [6.45, 7) is 0.808. The highest BCUT2D eigenvalue weighted by molar-refractivity contribution is 6.04. The number of halogens is 2. The Bertz CT molecular complexity index is 748. The number of aromatic nitrogens is 1. The van der Waals surface area contributed by atoms with Gasteiger partial charge in [-0.05, 0) is 24.1 Å². The van der Waals surface area contributed by atoms with Crippen molar-refractivity contribution in [2.24, 2.45) is 5.92 Å². The van der Waals surface area contributed by atoms with Gasteiger partial charge in [0.05, 0.1) is 0 Å². The topological polar surface area (TPSA) is 75.1 Å². The van der Waals surface area contributed by atoms with Crippen LogP contribution in [0.3, 0.4) is 0 Å². The zero-order chi connectivity index (χ0) is 17.7. The summed E-state index contributed by atoms with van der Waals surface area (Å²) in [5, 5.41) is 11.2. The number of rotatable bonds is 7. The third-order valence-electron chi connectivity index (χ3n) is 3.23. The number of ether oxygens (including phenoxy) is 1. The number of pyridine rings is 1. The van der Waals surface area contributed by atoms with E-state index in [4.69, 9.17) is 5.41 Å². The van der Waals surface area contributed by atoms with Gasteiger partial charge in [-0.25, -0.2) is 4.98 Å². The van der Waals surface area contributed by atoms with E-state index in [1.807, 2.05) is 13.8 Å². The van der Waals surface area contributed by atoms with E-state index < -0.39 is 6.61 Å². The molecule has 2 aromatic rings. The van der Waals surface area contributed by atoms with Gasteiger partial charge in [-0.1, -0.05) is 19.9 Å². The second kappa shape index (κ2) is 7.63. The number of carbonyl (C=O) groups excluding carboxylic acids is 1. The smallest absolute Gasteiger partial charge is 0.387 e. The number of hydrogen-bond acceptors (Lipinski definition) is 5. The van der Waals surface area contributed by atoms with Gasteiger partial charge >= 0.3 is 6.61 Å². The quantitative estimate of drug-likeness (QED) is 0.586. The Hall–Kier alpha value is -2.83. The summed E-state index contributed by atoms with van der Waals surface area (Å²) in [6.07, 6.45) is 2.04. The monoisotopic (exact) mass is 333 g/mol. The van der Waals surface area contributed by atoms with Crippen LogP contribution in [0.1, 0.15) is 29.8 Å². The fraction of sp³-hybridized carbons (Fsp3) is 0.235. The lowest BCUT2D eigenvalue weighted by molar-refractivity contribution is -0.0498. The van der Waals surface area contributed by atoms with E-state index in [2.05, 4.69) is 15.0 Å². The third kappa shape index (κ3) is 4.34. The summed E-state index contributed by atoms with van der Waals surface area (Å²) >= 11 is 0. The molecule has 0 spiro atoms. The first-order chi connectivity index (χ1) is 11.4. The molecule has 24 heavy (non-hydrogen) atoms. The van der Waals surface area contributed by atoms with E-state index in [0.29, 0.717) is 34.6 Å². The van der Waals surface area contributed by atoms with Gasteiger partial charge in [0.15, 0.2) is 6.29 Å². The average molecular weight is 333 g/mol. The zero-order valence-corrected chi connectivity index (χ0v) is 13.2. The first kappa shape index (κ1) is 17.5. The number of benzene rings is 1. The van der Waals surface area contributed by atoms with Crippen LogP contribution in [-0.2, 0) is 0 Å². The van der Waals surface area contributed by atoms with E-state index in [-0.39, 0.29) is 11.7 Å². The Morgan fingerprint density at radius 1 is 1.33 bits per heavy atom. The van der Waals surface area contributed by atoms with Crippen molar-refractivity contribution >= 4 is 23.5 Å². The second-order valence-corrected chi connectivity index (χ2v) is 5.38. The number of anilines is 2. The molecule has 1 aromatic heterocycles. The van der Waals surface area contributed by atoms with Gasteiger partial charge < -0.3 is 15.5 Å². The minimum Gasteiger partial charge on any atom is -0.435 e. The van der Waals surface area contributed by atoms with Crippen LogP contribution in [0.2, 0.25) is 0 Å². The molecule has 0 radical (unpaired) electrons. The number of nitrogens with one attached hydrogen (secondary N) is 2. The van der Waals surface area contributed by atoms with Crippen molar-refractivity contribution in [2.45, 2.75) is 20.5 Å². The maximum atomic E-state index is 12.3. The second-order valence-electron chi connectivity index (χ2n) is 5.38. The van der Waals surface area contributed by atoms with Gasteiger partial charge in [0.1, 0.15) is 11.6 Å². The van der Waals surface area contributed by atoms with Crippen LogP contribution in [-0.4, -0.2) is 23.6 Å². The van der Waals surface area contributed by atoms with Crippen molar-refractivity contribution in [1.29, 1.82) is 5.41 Å². The van der Waals surface area contributed by atoms with Gasteiger partial charge in [-0.2, -0.15) is 8.78 Å². The van der Waals surface area contributed by atoms with Crippen molar-refractivity contribution in [1.82, 2.24) is 4.98 Å². The molecule has 126 valence electrons. The van der Waals surface area contributed by atoms with Crippen LogP contribution in [0.4, 0.5) is 20.3 Å².